The Morgan fingerprint density at radius 1 is 1.22 bits per heavy atom. The average Bonchev–Trinajstić information content (AvgIpc) is 2.88. The molecule has 124 valence electrons. The molecule has 0 unspecified atom stereocenters. The lowest BCUT2D eigenvalue weighted by molar-refractivity contribution is -0.120. The van der Waals surface area contributed by atoms with E-state index < -0.39 is 0 Å². The Morgan fingerprint density at radius 2 is 2.04 bits per heavy atom. The van der Waals surface area contributed by atoms with Crippen LogP contribution in [0.25, 0.3) is 10.9 Å². The van der Waals surface area contributed by atoms with Crippen molar-refractivity contribution >= 4 is 16.8 Å². The summed E-state index contributed by atoms with van der Waals surface area (Å²) >= 11 is 0. The largest absolute Gasteiger partial charge is 0.359 e. The summed E-state index contributed by atoms with van der Waals surface area (Å²) in [5.41, 5.74) is 4.41. The van der Waals surface area contributed by atoms with Gasteiger partial charge in [0.2, 0.25) is 5.91 Å². The van der Waals surface area contributed by atoms with Crippen molar-refractivity contribution in [3.05, 3.63) is 35.5 Å². The van der Waals surface area contributed by atoms with Gasteiger partial charge >= 0.3 is 0 Å². The number of rotatable bonds is 6. The molecular formula is C19H27N3O. The molecule has 1 aromatic heterocycles. The molecule has 0 aliphatic carbocycles. The summed E-state index contributed by atoms with van der Waals surface area (Å²) in [7, 11) is 3.91. The fourth-order valence-electron chi connectivity index (χ4n) is 3.65. The van der Waals surface area contributed by atoms with Crippen LogP contribution in [-0.2, 0) is 24.3 Å². The van der Waals surface area contributed by atoms with Gasteiger partial charge in [-0.15, -0.1) is 0 Å². The van der Waals surface area contributed by atoms with Crippen LogP contribution in [0.4, 0.5) is 0 Å². The number of hydrogen-bond acceptors (Lipinski definition) is 2. The number of amides is 1. The highest BCUT2D eigenvalue weighted by Gasteiger charge is 2.21. The fraction of sp³-hybridized carbons (Fsp3) is 0.526. The van der Waals surface area contributed by atoms with Crippen LogP contribution in [0, 0.1) is 0 Å². The van der Waals surface area contributed by atoms with Crippen LogP contribution in [0.1, 0.15) is 36.9 Å². The first-order chi connectivity index (χ1) is 11.2. The number of para-hydroxylation sites is 1. The summed E-state index contributed by atoms with van der Waals surface area (Å²) in [6, 6.07) is 8.79. The minimum Gasteiger partial charge on any atom is -0.359 e. The number of unbranched alkanes of at least 4 members (excludes halogenated alkanes) is 2. The van der Waals surface area contributed by atoms with Crippen molar-refractivity contribution in [3.8, 4) is 0 Å². The van der Waals surface area contributed by atoms with Crippen molar-refractivity contribution in [2.24, 2.45) is 0 Å². The zero-order valence-electron chi connectivity index (χ0n) is 14.3. The number of carbonyl (C=O) groups is 1. The molecule has 3 rings (SSSR count). The average molecular weight is 313 g/mol. The van der Waals surface area contributed by atoms with Gasteiger partial charge in [-0.05, 0) is 31.5 Å². The van der Waals surface area contributed by atoms with Crippen molar-refractivity contribution in [3.63, 3.8) is 0 Å². The molecule has 1 aliphatic heterocycles. The molecule has 4 heteroatoms. The number of aryl methyl sites for hydroxylation is 1. The van der Waals surface area contributed by atoms with Gasteiger partial charge in [-0.25, -0.2) is 0 Å². The minimum absolute atomic E-state index is 0.150. The van der Waals surface area contributed by atoms with Crippen molar-refractivity contribution in [1.29, 1.82) is 0 Å². The lowest BCUT2D eigenvalue weighted by Crippen LogP contribution is -2.27. The third-order valence-electron chi connectivity index (χ3n) is 4.92. The van der Waals surface area contributed by atoms with Crippen molar-refractivity contribution in [2.45, 2.75) is 45.2 Å². The van der Waals surface area contributed by atoms with Gasteiger partial charge in [-0.3, -0.25) is 4.79 Å². The molecule has 0 saturated heterocycles. The second-order valence-corrected chi connectivity index (χ2v) is 6.57. The Balaban J connectivity index is 1.72. The number of carbonyl (C=O) groups excluding carboxylic acids is 1. The van der Waals surface area contributed by atoms with E-state index in [4.69, 9.17) is 0 Å². The maximum absolute atomic E-state index is 11.3. The Morgan fingerprint density at radius 3 is 2.87 bits per heavy atom. The molecule has 4 nitrogen and oxygen atoms in total. The van der Waals surface area contributed by atoms with E-state index in [0.717, 1.165) is 45.3 Å². The number of likely N-dealkylation sites (N-methyl/N-ethyl adjacent to an activating group) is 1. The summed E-state index contributed by atoms with van der Waals surface area (Å²) < 4.78 is 2.53. The van der Waals surface area contributed by atoms with E-state index in [0.29, 0.717) is 6.42 Å². The SMILES string of the molecule is CNC(=O)CCCCCn1c2c(c3ccccc31)CN(C)CC2. The molecule has 0 saturated carbocycles. The number of fused-ring (bicyclic) bond motifs is 3. The van der Waals surface area contributed by atoms with Gasteiger partial charge in [0, 0.05) is 56.1 Å². The molecule has 23 heavy (non-hydrogen) atoms. The summed E-state index contributed by atoms with van der Waals surface area (Å²) in [5.74, 6) is 0.150. The molecule has 0 atom stereocenters. The summed E-state index contributed by atoms with van der Waals surface area (Å²) in [4.78, 5) is 13.7. The second kappa shape index (κ2) is 7.18. The topological polar surface area (TPSA) is 37.3 Å². The Labute approximate surface area is 138 Å². The van der Waals surface area contributed by atoms with Crippen LogP contribution in [0.15, 0.2) is 24.3 Å². The van der Waals surface area contributed by atoms with Crippen LogP contribution in [-0.4, -0.2) is 36.0 Å². The molecule has 1 N–H and O–H groups in total. The van der Waals surface area contributed by atoms with Crippen LogP contribution in [0.2, 0.25) is 0 Å². The predicted molar refractivity (Wildman–Crippen MR) is 94.5 cm³/mol. The molecular weight excluding hydrogens is 286 g/mol. The number of nitrogens with zero attached hydrogens (tertiary/aromatic N) is 2. The highest BCUT2D eigenvalue weighted by Crippen LogP contribution is 2.30. The molecule has 1 aliphatic rings. The molecule has 2 heterocycles. The third-order valence-corrected chi connectivity index (χ3v) is 4.92. The number of aromatic nitrogens is 1. The lowest BCUT2D eigenvalue weighted by atomic mass is 10.1. The Kier molecular flexibility index (Phi) is 5.01. The van der Waals surface area contributed by atoms with E-state index >= 15 is 0 Å². The maximum Gasteiger partial charge on any atom is 0.219 e. The van der Waals surface area contributed by atoms with Crippen LogP contribution in [0.3, 0.4) is 0 Å². The fourth-order valence-corrected chi connectivity index (χ4v) is 3.65. The first-order valence-corrected chi connectivity index (χ1v) is 8.69. The molecule has 1 amide bonds. The van der Waals surface area contributed by atoms with Crippen molar-refractivity contribution < 1.29 is 4.79 Å². The monoisotopic (exact) mass is 313 g/mol. The molecule has 0 bridgehead atoms. The summed E-state index contributed by atoms with van der Waals surface area (Å²) in [6.07, 6.45) is 5.00. The van der Waals surface area contributed by atoms with E-state index in [1.165, 1.54) is 22.2 Å². The van der Waals surface area contributed by atoms with Crippen molar-refractivity contribution in [2.75, 3.05) is 20.6 Å². The highest BCUT2D eigenvalue weighted by molar-refractivity contribution is 5.85. The quantitative estimate of drug-likeness (QED) is 0.833. The Hall–Kier alpha value is -1.81. The maximum atomic E-state index is 11.3. The minimum atomic E-state index is 0.150. The predicted octanol–water partition coefficient (Wildman–Crippen LogP) is 2.94. The standard InChI is InChI=1S/C19H27N3O/c1-20-19(23)10-4-3-7-12-22-17-9-6-5-8-15(17)16-14-21(2)13-11-18(16)22/h5-6,8-9H,3-4,7,10-14H2,1-2H3,(H,20,23). The summed E-state index contributed by atoms with van der Waals surface area (Å²) in [5, 5.41) is 4.11. The number of nitrogens with one attached hydrogen (secondary N) is 1. The van der Waals surface area contributed by atoms with Gasteiger partial charge in [-0.2, -0.15) is 0 Å². The first-order valence-electron chi connectivity index (χ1n) is 8.69. The van der Waals surface area contributed by atoms with E-state index in [1.54, 1.807) is 7.05 Å². The van der Waals surface area contributed by atoms with Crippen LogP contribution >= 0.6 is 0 Å². The van der Waals surface area contributed by atoms with Gasteiger partial charge in [0.1, 0.15) is 0 Å². The highest BCUT2D eigenvalue weighted by atomic mass is 16.1. The zero-order valence-corrected chi connectivity index (χ0v) is 14.3. The number of benzene rings is 1. The van der Waals surface area contributed by atoms with Gasteiger partial charge in [-0.1, -0.05) is 24.6 Å². The second-order valence-electron chi connectivity index (χ2n) is 6.57. The normalized spacial score (nSPS) is 14.9. The number of hydrogen-bond donors (Lipinski definition) is 1. The molecule has 0 fully saturated rings. The van der Waals surface area contributed by atoms with Crippen LogP contribution < -0.4 is 5.32 Å². The van der Waals surface area contributed by atoms with Gasteiger partial charge in [0.05, 0.1) is 0 Å². The molecule has 0 spiro atoms. The van der Waals surface area contributed by atoms with Gasteiger partial charge in [0.25, 0.3) is 0 Å². The van der Waals surface area contributed by atoms with Crippen LogP contribution in [0.5, 0.6) is 0 Å². The van der Waals surface area contributed by atoms with E-state index in [1.807, 2.05) is 0 Å². The first kappa shape index (κ1) is 16.1. The van der Waals surface area contributed by atoms with Crippen molar-refractivity contribution in [1.82, 2.24) is 14.8 Å². The van der Waals surface area contributed by atoms with Gasteiger partial charge in [0.15, 0.2) is 0 Å². The third kappa shape index (κ3) is 3.42. The smallest absolute Gasteiger partial charge is 0.219 e. The van der Waals surface area contributed by atoms with E-state index in [-0.39, 0.29) is 5.91 Å². The van der Waals surface area contributed by atoms with E-state index in [9.17, 15) is 4.79 Å². The molecule has 2 aromatic rings. The van der Waals surface area contributed by atoms with Gasteiger partial charge < -0.3 is 14.8 Å². The lowest BCUT2D eigenvalue weighted by Gasteiger charge is -2.24. The molecule has 0 radical (unpaired) electrons. The Bertz CT molecular complexity index is 689. The molecule has 1 aromatic carbocycles. The summed E-state index contributed by atoms with van der Waals surface area (Å²) in [6.45, 7) is 3.26. The zero-order chi connectivity index (χ0) is 16.2. The van der Waals surface area contributed by atoms with E-state index in [2.05, 4.69) is 46.1 Å².